The van der Waals surface area contributed by atoms with Crippen molar-refractivity contribution >= 4 is 17.5 Å². The standard InChI is InChI=1S/C14H19ClN2O/c15-12-5-1-10(2-6-12)7-8-17-14(18)9-13(16)11-3-4-11/h1-2,5-6,11,13H,3-4,7-9,16H2,(H,17,18). The molecule has 98 valence electrons. The number of nitrogens with two attached hydrogens (primary N) is 1. The molecule has 0 aliphatic heterocycles. The van der Waals surface area contributed by atoms with E-state index in [2.05, 4.69) is 5.32 Å². The summed E-state index contributed by atoms with van der Waals surface area (Å²) in [7, 11) is 0. The van der Waals surface area contributed by atoms with E-state index < -0.39 is 0 Å². The van der Waals surface area contributed by atoms with Crippen LogP contribution < -0.4 is 11.1 Å². The fourth-order valence-electron chi connectivity index (χ4n) is 1.97. The molecule has 1 aromatic carbocycles. The molecule has 3 N–H and O–H groups in total. The Morgan fingerprint density at radius 3 is 2.67 bits per heavy atom. The largest absolute Gasteiger partial charge is 0.356 e. The Kier molecular flexibility index (Phi) is 4.61. The molecule has 1 aliphatic carbocycles. The second-order valence-electron chi connectivity index (χ2n) is 4.93. The number of amides is 1. The monoisotopic (exact) mass is 266 g/mol. The number of benzene rings is 1. The van der Waals surface area contributed by atoms with Crippen LogP contribution in [0.25, 0.3) is 0 Å². The molecule has 0 bridgehead atoms. The van der Waals surface area contributed by atoms with Gasteiger partial charge in [0.1, 0.15) is 0 Å². The zero-order valence-corrected chi connectivity index (χ0v) is 11.1. The molecular weight excluding hydrogens is 248 g/mol. The van der Waals surface area contributed by atoms with E-state index in [-0.39, 0.29) is 11.9 Å². The van der Waals surface area contributed by atoms with Gasteiger partial charge in [0.15, 0.2) is 0 Å². The fraction of sp³-hybridized carbons (Fsp3) is 0.500. The van der Waals surface area contributed by atoms with E-state index in [0.29, 0.717) is 18.9 Å². The summed E-state index contributed by atoms with van der Waals surface area (Å²) in [6.45, 7) is 0.651. The van der Waals surface area contributed by atoms with Crippen LogP contribution in [0.4, 0.5) is 0 Å². The Labute approximate surface area is 113 Å². The van der Waals surface area contributed by atoms with Gasteiger partial charge < -0.3 is 11.1 Å². The third kappa shape index (κ3) is 4.31. The lowest BCUT2D eigenvalue weighted by molar-refractivity contribution is -0.121. The lowest BCUT2D eigenvalue weighted by Gasteiger charge is -2.10. The first kappa shape index (κ1) is 13.4. The summed E-state index contributed by atoms with van der Waals surface area (Å²) in [6.07, 6.45) is 3.63. The van der Waals surface area contributed by atoms with Crippen molar-refractivity contribution in [2.45, 2.75) is 31.7 Å². The predicted molar refractivity (Wildman–Crippen MR) is 73.5 cm³/mol. The van der Waals surface area contributed by atoms with E-state index in [1.165, 1.54) is 18.4 Å². The molecule has 1 atom stereocenters. The minimum absolute atomic E-state index is 0.0422. The summed E-state index contributed by atoms with van der Waals surface area (Å²) in [5.41, 5.74) is 7.08. The SMILES string of the molecule is NC(CC(=O)NCCc1ccc(Cl)cc1)C1CC1. The second-order valence-corrected chi connectivity index (χ2v) is 5.37. The van der Waals surface area contributed by atoms with Gasteiger partial charge in [-0.15, -0.1) is 0 Å². The van der Waals surface area contributed by atoms with E-state index in [1.807, 2.05) is 24.3 Å². The van der Waals surface area contributed by atoms with Gasteiger partial charge in [0.25, 0.3) is 0 Å². The molecule has 1 aromatic rings. The average Bonchev–Trinajstić information content (AvgIpc) is 3.15. The summed E-state index contributed by atoms with van der Waals surface area (Å²) in [5.74, 6) is 0.635. The van der Waals surface area contributed by atoms with Gasteiger partial charge in [-0.3, -0.25) is 4.79 Å². The van der Waals surface area contributed by atoms with Crippen molar-refractivity contribution in [3.8, 4) is 0 Å². The first-order valence-electron chi connectivity index (χ1n) is 6.42. The maximum atomic E-state index is 11.6. The highest BCUT2D eigenvalue weighted by Gasteiger charge is 2.29. The van der Waals surface area contributed by atoms with E-state index >= 15 is 0 Å². The highest BCUT2D eigenvalue weighted by atomic mass is 35.5. The Morgan fingerprint density at radius 1 is 1.39 bits per heavy atom. The van der Waals surface area contributed by atoms with E-state index in [0.717, 1.165) is 11.4 Å². The van der Waals surface area contributed by atoms with Gasteiger partial charge in [0, 0.05) is 24.0 Å². The Morgan fingerprint density at radius 2 is 2.06 bits per heavy atom. The summed E-state index contributed by atoms with van der Waals surface area (Å²) in [4.78, 5) is 11.6. The van der Waals surface area contributed by atoms with Gasteiger partial charge >= 0.3 is 0 Å². The normalized spacial score (nSPS) is 16.3. The van der Waals surface area contributed by atoms with Crippen molar-refractivity contribution < 1.29 is 4.79 Å². The van der Waals surface area contributed by atoms with Gasteiger partial charge in [0.2, 0.25) is 5.91 Å². The van der Waals surface area contributed by atoms with Crippen LogP contribution in [0, 0.1) is 5.92 Å². The lowest BCUT2D eigenvalue weighted by atomic mass is 10.1. The number of carbonyl (C=O) groups is 1. The maximum Gasteiger partial charge on any atom is 0.221 e. The van der Waals surface area contributed by atoms with Crippen LogP contribution in [0.1, 0.15) is 24.8 Å². The molecule has 0 aromatic heterocycles. The lowest BCUT2D eigenvalue weighted by Crippen LogP contribution is -2.33. The molecule has 3 nitrogen and oxygen atoms in total. The summed E-state index contributed by atoms with van der Waals surface area (Å²) in [6, 6.07) is 7.72. The van der Waals surface area contributed by atoms with Gasteiger partial charge in [0.05, 0.1) is 0 Å². The second kappa shape index (κ2) is 6.21. The molecule has 4 heteroatoms. The smallest absolute Gasteiger partial charge is 0.221 e. The summed E-state index contributed by atoms with van der Waals surface area (Å²) < 4.78 is 0. The van der Waals surface area contributed by atoms with Crippen LogP contribution in [0.2, 0.25) is 5.02 Å². The molecule has 0 saturated heterocycles. The minimum atomic E-state index is 0.0422. The molecule has 1 amide bonds. The zero-order chi connectivity index (χ0) is 13.0. The van der Waals surface area contributed by atoms with Crippen LogP contribution in [0.3, 0.4) is 0 Å². The molecule has 0 heterocycles. The first-order valence-corrected chi connectivity index (χ1v) is 6.79. The Hall–Kier alpha value is -1.06. The van der Waals surface area contributed by atoms with Crippen LogP contribution >= 0.6 is 11.6 Å². The van der Waals surface area contributed by atoms with Crippen LogP contribution in [0.15, 0.2) is 24.3 Å². The van der Waals surface area contributed by atoms with Crippen molar-refractivity contribution in [3.63, 3.8) is 0 Å². The highest BCUT2D eigenvalue weighted by molar-refractivity contribution is 6.30. The molecule has 2 rings (SSSR count). The van der Waals surface area contributed by atoms with Crippen molar-refractivity contribution in [1.82, 2.24) is 5.32 Å². The van der Waals surface area contributed by atoms with Crippen molar-refractivity contribution in [3.05, 3.63) is 34.9 Å². The summed E-state index contributed by atoms with van der Waals surface area (Å²) >= 11 is 5.81. The van der Waals surface area contributed by atoms with Gasteiger partial charge in [-0.05, 0) is 42.9 Å². The Balaban J connectivity index is 1.65. The molecule has 0 radical (unpaired) electrons. The van der Waals surface area contributed by atoms with Gasteiger partial charge in [-0.25, -0.2) is 0 Å². The van der Waals surface area contributed by atoms with Crippen molar-refractivity contribution in [2.75, 3.05) is 6.54 Å². The number of carbonyl (C=O) groups excluding carboxylic acids is 1. The third-order valence-electron chi connectivity index (χ3n) is 3.30. The molecule has 0 spiro atoms. The number of nitrogens with one attached hydrogen (secondary N) is 1. The van der Waals surface area contributed by atoms with E-state index in [9.17, 15) is 4.79 Å². The molecule has 1 aliphatic rings. The predicted octanol–water partition coefficient (Wildman–Crippen LogP) is 2.13. The van der Waals surface area contributed by atoms with Gasteiger partial charge in [-0.1, -0.05) is 23.7 Å². The Bertz CT molecular complexity index is 401. The molecule has 1 fully saturated rings. The quantitative estimate of drug-likeness (QED) is 0.829. The topological polar surface area (TPSA) is 55.1 Å². The first-order chi connectivity index (χ1) is 8.65. The zero-order valence-electron chi connectivity index (χ0n) is 10.4. The number of rotatable bonds is 6. The highest BCUT2D eigenvalue weighted by Crippen LogP contribution is 2.32. The molecule has 1 unspecified atom stereocenters. The average molecular weight is 267 g/mol. The number of hydrogen-bond donors (Lipinski definition) is 2. The fourth-order valence-corrected chi connectivity index (χ4v) is 2.10. The molecule has 18 heavy (non-hydrogen) atoms. The minimum Gasteiger partial charge on any atom is -0.356 e. The number of halogens is 1. The van der Waals surface area contributed by atoms with Crippen molar-refractivity contribution in [1.29, 1.82) is 0 Å². The molecular formula is C14H19ClN2O. The summed E-state index contributed by atoms with van der Waals surface area (Å²) in [5, 5.41) is 3.64. The molecule has 1 saturated carbocycles. The van der Waals surface area contributed by atoms with Crippen molar-refractivity contribution in [2.24, 2.45) is 11.7 Å². The number of hydrogen-bond acceptors (Lipinski definition) is 2. The van der Waals surface area contributed by atoms with Crippen LogP contribution in [-0.4, -0.2) is 18.5 Å². The van der Waals surface area contributed by atoms with E-state index in [1.54, 1.807) is 0 Å². The van der Waals surface area contributed by atoms with Gasteiger partial charge in [-0.2, -0.15) is 0 Å². The third-order valence-corrected chi connectivity index (χ3v) is 3.55. The maximum absolute atomic E-state index is 11.6. The van der Waals surface area contributed by atoms with Crippen LogP contribution in [0.5, 0.6) is 0 Å². The van der Waals surface area contributed by atoms with E-state index in [4.69, 9.17) is 17.3 Å². The van der Waals surface area contributed by atoms with Crippen LogP contribution in [-0.2, 0) is 11.2 Å².